The molecule has 7 heteroatoms. The van der Waals surface area contributed by atoms with Crippen molar-refractivity contribution in [2.45, 2.75) is 45.6 Å². The predicted octanol–water partition coefficient (Wildman–Crippen LogP) is 1.80. The summed E-state index contributed by atoms with van der Waals surface area (Å²) in [4.78, 5) is 23.0. The van der Waals surface area contributed by atoms with Crippen LogP contribution in [0.25, 0.3) is 0 Å². The molecule has 0 aliphatic carbocycles. The maximum absolute atomic E-state index is 12.3. The number of hydrogen-bond acceptors (Lipinski definition) is 6. The zero-order valence-corrected chi connectivity index (χ0v) is 14.2. The highest BCUT2D eigenvalue weighted by atomic mass is 16.5. The summed E-state index contributed by atoms with van der Waals surface area (Å²) in [7, 11) is 0. The van der Waals surface area contributed by atoms with Gasteiger partial charge in [0, 0.05) is 43.5 Å². The van der Waals surface area contributed by atoms with Gasteiger partial charge in [-0.1, -0.05) is 5.16 Å². The van der Waals surface area contributed by atoms with Crippen molar-refractivity contribution in [3.8, 4) is 0 Å². The van der Waals surface area contributed by atoms with Crippen molar-refractivity contribution in [2.24, 2.45) is 0 Å². The van der Waals surface area contributed by atoms with Gasteiger partial charge < -0.3 is 14.7 Å². The van der Waals surface area contributed by atoms with Crippen LogP contribution in [0.3, 0.4) is 0 Å². The molecule has 7 nitrogen and oxygen atoms in total. The molecular formula is C17H23N5O2. The lowest BCUT2D eigenvalue weighted by Gasteiger charge is -2.33. The number of aryl methyl sites for hydroxylation is 2. The third-order valence-corrected chi connectivity index (χ3v) is 4.40. The van der Waals surface area contributed by atoms with E-state index in [1.807, 2.05) is 13.8 Å². The van der Waals surface area contributed by atoms with Crippen LogP contribution in [0.2, 0.25) is 0 Å². The lowest BCUT2D eigenvalue weighted by atomic mass is 10.0. The van der Waals surface area contributed by atoms with E-state index in [-0.39, 0.29) is 11.9 Å². The number of carbonyl (C=O) groups is 1. The highest BCUT2D eigenvalue weighted by molar-refractivity contribution is 5.76. The van der Waals surface area contributed by atoms with Gasteiger partial charge in [-0.05, 0) is 39.2 Å². The Labute approximate surface area is 141 Å². The molecule has 1 amide bonds. The van der Waals surface area contributed by atoms with Crippen molar-refractivity contribution in [3.63, 3.8) is 0 Å². The molecule has 0 saturated carbocycles. The first-order valence-corrected chi connectivity index (χ1v) is 8.36. The fourth-order valence-electron chi connectivity index (χ4n) is 3.13. The second-order valence-electron chi connectivity index (χ2n) is 6.20. The molecule has 128 valence electrons. The second kappa shape index (κ2) is 7.42. The minimum Gasteiger partial charge on any atom is -0.361 e. The van der Waals surface area contributed by atoms with Crippen LogP contribution in [0.15, 0.2) is 23.0 Å². The van der Waals surface area contributed by atoms with E-state index >= 15 is 0 Å². The molecule has 1 N–H and O–H groups in total. The highest BCUT2D eigenvalue weighted by Gasteiger charge is 2.23. The van der Waals surface area contributed by atoms with E-state index in [1.165, 1.54) is 0 Å². The maximum Gasteiger partial charge on any atom is 0.225 e. The summed E-state index contributed by atoms with van der Waals surface area (Å²) in [6, 6.07) is 1.95. The van der Waals surface area contributed by atoms with Gasteiger partial charge in [0.05, 0.1) is 5.69 Å². The van der Waals surface area contributed by atoms with E-state index in [0.717, 1.165) is 48.9 Å². The fraction of sp³-hybridized carbons (Fsp3) is 0.529. The lowest BCUT2D eigenvalue weighted by Crippen LogP contribution is -2.48. The summed E-state index contributed by atoms with van der Waals surface area (Å²) >= 11 is 0. The van der Waals surface area contributed by atoms with Crippen molar-refractivity contribution in [1.82, 2.24) is 20.4 Å². The van der Waals surface area contributed by atoms with Crippen LogP contribution < -0.4 is 10.2 Å². The highest BCUT2D eigenvalue weighted by Crippen LogP contribution is 2.17. The molecule has 1 atom stereocenters. The van der Waals surface area contributed by atoms with Gasteiger partial charge >= 0.3 is 0 Å². The van der Waals surface area contributed by atoms with Crippen molar-refractivity contribution in [3.05, 3.63) is 35.5 Å². The Hall–Kier alpha value is -2.44. The molecule has 24 heavy (non-hydrogen) atoms. The molecule has 0 unspecified atom stereocenters. The number of aromatic nitrogens is 3. The quantitative estimate of drug-likeness (QED) is 0.900. The molecule has 0 spiro atoms. The van der Waals surface area contributed by atoms with Crippen molar-refractivity contribution < 1.29 is 9.32 Å². The number of rotatable bonds is 5. The SMILES string of the molecule is Cc1noc(C)c1CCC(=O)N[C@H]1CCCN(c2ncccn2)C1. The predicted molar refractivity (Wildman–Crippen MR) is 89.7 cm³/mol. The Morgan fingerprint density at radius 2 is 2.17 bits per heavy atom. The van der Waals surface area contributed by atoms with Gasteiger partial charge in [0.15, 0.2) is 0 Å². The molecule has 2 aromatic rings. The maximum atomic E-state index is 12.3. The Bertz CT molecular complexity index is 666. The van der Waals surface area contributed by atoms with Crippen molar-refractivity contribution in [1.29, 1.82) is 0 Å². The van der Waals surface area contributed by atoms with Crippen molar-refractivity contribution >= 4 is 11.9 Å². The molecular weight excluding hydrogens is 306 g/mol. The van der Waals surface area contributed by atoms with Gasteiger partial charge in [-0.2, -0.15) is 0 Å². The Morgan fingerprint density at radius 1 is 1.38 bits per heavy atom. The van der Waals surface area contributed by atoms with Gasteiger partial charge in [-0.15, -0.1) is 0 Å². The number of carbonyl (C=O) groups excluding carboxylic acids is 1. The molecule has 0 bridgehead atoms. The number of nitrogens with one attached hydrogen (secondary N) is 1. The van der Waals surface area contributed by atoms with Crippen LogP contribution in [-0.4, -0.2) is 40.2 Å². The van der Waals surface area contributed by atoms with E-state index in [2.05, 4.69) is 25.3 Å². The van der Waals surface area contributed by atoms with Gasteiger partial charge in [0.1, 0.15) is 5.76 Å². The molecule has 1 aliphatic rings. The summed E-state index contributed by atoms with van der Waals surface area (Å²) < 4.78 is 5.14. The summed E-state index contributed by atoms with van der Waals surface area (Å²) in [5.41, 5.74) is 1.90. The van der Waals surface area contributed by atoms with E-state index in [9.17, 15) is 4.79 Å². The zero-order valence-electron chi connectivity index (χ0n) is 14.2. The number of piperidine rings is 1. The first-order valence-electron chi connectivity index (χ1n) is 8.36. The minimum atomic E-state index is 0.0656. The van der Waals surface area contributed by atoms with E-state index < -0.39 is 0 Å². The van der Waals surface area contributed by atoms with Crippen LogP contribution in [0.5, 0.6) is 0 Å². The average Bonchev–Trinajstić information content (AvgIpc) is 2.92. The van der Waals surface area contributed by atoms with Crippen LogP contribution in [-0.2, 0) is 11.2 Å². The van der Waals surface area contributed by atoms with Crippen LogP contribution in [0, 0.1) is 13.8 Å². The van der Waals surface area contributed by atoms with Gasteiger partial charge in [0.25, 0.3) is 0 Å². The van der Waals surface area contributed by atoms with Crippen LogP contribution >= 0.6 is 0 Å². The second-order valence-corrected chi connectivity index (χ2v) is 6.20. The smallest absolute Gasteiger partial charge is 0.225 e. The van der Waals surface area contributed by atoms with Gasteiger partial charge in [-0.3, -0.25) is 4.79 Å². The molecule has 1 saturated heterocycles. The number of anilines is 1. The minimum absolute atomic E-state index is 0.0656. The van der Waals surface area contributed by atoms with E-state index in [0.29, 0.717) is 12.8 Å². The molecule has 1 aliphatic heterocycles. The summed E-state index contributed by atoms with van der Waals surface area (Å²) in [6.07, 6.45) is 6.60. The van der Waals surface area contributed by atoms with E-state index in [1.54, 1.807) is 18.5 Å². The summed E-state index contributed by atoms with van der Waals surface area (Å²) in [6.45, 7) is 5.46. The molecule has 0 radical (unpaired) electrons. The standard InChI is InChI=1S/C17H23N5O2/c1-12-15(13(2)24-21-12)6-7-16(23)20-14-5-3-10-22(11-14)17-18-8-4-9-19-17/h4,8-9,14H,3,5-7,10-11H2,1-2H3,(H,20,23)/t14-/m0/s1. The monoisotopic (exact) mass is 329 g/mol. The van der Waals surface area contributed by atoms with Crippen LogP contribution in [0.4, 0.5) is 5.95 Å². The normalized spacial score (nSPS) is 17.8. The summed E-state index contributed by atoms with van der Waals surface area (Å²) in [5.74, 6) is 1.59. The molecule has 0 aromatic carbocycles. The zero-order chi connectivity index (χ0) is 16.9. The summed E-state index contributed by atoms with van der Waals surface area (Å²) in [5, 5.41) is 7.06. The Balaban J connectivity index is 1.51. The Kier molecular flexibility index (Phi) is 5.08. The largest absolute Gasteiger partial charge is 0.361 e. The number of hydrogen-bond donors (Lipinski definition) is 1. The third-order valence-electron chi connectivity index (χ3n) is 4.40. The Morgan fingerprint density at radius 3 is 2.88 bits per heavy atom. The van der Waals surface area contributed by atoms with Crippen molar-refractivity contribution in [2.75, 3.05) is 18.0 Å². The number of amides is 1. The van der Waals surface area contributed by atoms with Crippen LogP contribution in [0.1, 0.15) is 36.3 Å². The first-order chi connectivity index (χ1) is 11.6. The third kappa shape index (κ3) is 3.90. The average molecular weight is 329 g/mol. The van der Waals surface area contributed by atoms with Gasteiger partial charge in [0.2, 0.25) is 11.9 Å². The molecule has 3 heterocycles. The lowest BCUT2D eigenvalue weighted by molar-refractivity contribution is -0.121. The first kappa shape index (κ1) is 16.4. The number of nitrogens with zero attached hydrogens (tertiary/aromatic N) is 4. The molecule has 1 fully saturated rings. The molecule has 2 aromatic heterocycles. The molecule has 3 rings (SSSR count). The fourth-order valence-corrected chi connectivity index (χ4v) is 3.13. The van der Waals surface area contributed by atoms with E-state index in [4.69, 9.17) is 4.52 Å². The topological polar surface area (TPSA) is 84.2 Å². The van der Waals surface area contributed by atoms with Gasteiger partial charge in [-0.25, -0.2) is 9.97 Å².